The van der Waals surface area contributed by atoms with Crippen molar-refractivity contribution in [1.82, 2.24) is 10.6 Å². The number of halogens is 1. The first-order valence-electron chi connectivity index (χ1n) is 9.46. The van der Waals surface area contributed by atoms with Crippen LogP contribution in [0.2, 0.25) is 0 Å². The van der Waals surface area contributed by atoms with Gasteiger partial charge in [0.15, 0.2) is 0 Å². The summed E-state index contributed by atoms with van der Waals surface area (Å²) < 4.78 is 18.9. The zero-order valence-electron chi connectivity index (χ0n) is 15.7. The van der Waals surface area contributed by atoms with E-state index in [-0.39, 0.29) is 23.2 Å². The average Bonchev–Trinajstić information content (AvgIpc) is 3.21. The molecule has 0 aliphatic carbocycles. The van der Waals surface area contributed by atoms with Gasteiger partial charge in [0.05, 0.1) is 6.04 Å². The summed E-state index contributed by atoms with van der Waals surface area (Å²) in [5, 5.41) is 8.44. The summed E-state index contributed by atoms with van der Waals surface area (Å²) in [6, 6.07) is 10.5. The molecule has 1 aliphatic rings. The highest BCUT2D eigenvalue weighted by atomic mass is 32.1. The lowest BCUT2D eigenvalue weighted by Gasteiger charge is -2.38. The van der Waals surface area contributed by atoms with Crippen molar-refractivity contribution in [3.63, 3.8) is 0 Å². The van der Waals surface area contributed by atoms with Crippen molar-refractivity contribution in [3.05, 3.63) is 58.0 Å². The van der Waals surface area contributed by atoms with Crippen LogP contribution in [-0.4, -0.2) is 38.3 Å². The molecule has 1 aromatic heterocycles. The van der Waals surface area contributed by atoms with Gasteiger partial charge in [0.1, 0.15) is 5.82 Å². The van der Waals surface area contributed by atoms with Crippen LogP contribution >= 0.6 is 11.3 Å². The van der Waals surface area contributed by atoms with Crippen LogP contribution in [0, 0.1) is 5.82 Å². The molecule has 1 atom stereocenters. The Kier molecular flexibility index (Phi) is 6.99. The number of carbonyl (C=O) groups excluding carboxylic acids is 1. The molecule has 2 heterocycles. The molecule has 0 saturated carbocycles. The van der Waals surface area contributed by atoms with Gasteiger partial charge in [-0.05, 0) is 55.3 Å². The standard InChI is InChI=1S/C21H27FN2O2S/c1-16(20(25)23-11-8-19-3-2-14-27-19)24-15-21(9-12-26-13-10-21)17-4-6-18(22)7-5-17/h2-7,14,16,24H,8-13,15H2,1H3,(H,23,25)/t16-/m0/s1. The van der Waals surface area contributed by atoms with Gasteiger partial charge in [0, 0.05) is 36.6 Å². The fourth-order valence-electron chi connectivity index (χ4n) is 3.49. The third-order valence-corrected chi connectivity index (χ3v) is 6.23. The first kappa shape index (κ1) is 20.0. The highest BCUT2D eigenvalue weighted by molar-refractivity contribution is 7.09. The number of hydrogen-bond donors (Lipinski definition) is 2. The summed E-state index contributed by atoms with van der Waals surface area (Å²) in [4.78, 5) is 13.7. The third-order valence-electron chi connectivity index (χ3n) is 5.30. The van der Waals surface area contributed by atoms with E-state index in [0.717, 1.165) is 24.8 Å². The molecule has 3 rings (SSSR count). The van der Waals surface area contributed by atoms with E-state index >= 15 is 0 Å². The van der Waals surface area contributed by atoms with Crippen LogP contribution in [0.25, 0.3) is 0 Å². The molecule has 6 heteroatoms. The molecule has 0 unspecified atom stereocenters. The van der Waals surface area contributed by atoms with Crippen LogP contribution in [0.4, 0.5) is 4.39 Å². The summed E-state index contributed by atoms with van der Waals surface area (Å²) in [5.41, 5.74) is 0.974. The second-order valence-electron chi connectivity index (χ2n) is 7.12. The van der Waals surface area contributed by atoms with E-state index in [0.29, 0.717) is 26.3 Å². The Morgan fingerprint density at radius 2 is 2.00 bits per heavy atom. The lowest BCUT2D eigenvalue weighted by Crippen LogP contribution is -2.49. The first-order chi connectivity index (χ1) is 13.1. The van der Waals surface area contributed by atoms with Crippen LogP contribution in [0.15, 0.2) is 41.8 Å². The molecule has 0 spiro atoms. The number of amides is 1. The van der Waals surface area contributed by atoms with Crippen molar-refractivity contribution in [1.29, 1.82) is 0 Å². The zero-order chi connectivity index (χ0) is 19.1. The Labute approximate surface area is 164 Å². The molecule has 2 aromatic rings. The Balaban J connectivity index is 1.54. The van der Waals surface area contributed by atoms with Gasteiger partial charge in [0.25, 0.3) is 0 Å². The summed E-state index contributed by atoms with van der Waals surface area (Å²) in [5.74, 6) is -0.222. The van der Waals surface area contributed by atoms with E-state index < -0.39 is 0 Å². The molecule has 146 valence electrons. The normalized spacial score (nSPS) is 17.4. The average molecular weight is 391 g/mol. The van der Waals surface area contributed by atoms with Gasteiger partial charge in [0.2, 0.25) is 5.91 Å². The number of nitrogens with one attached hydrogen (secondary N) is 2. The summed E-state index contributed by atoms with van der Waals surface area (Å²) in [6.07, 6.45) is 2.57. The molecule has 1 saturated heterocycles. The topological polar surface area (TPSA) is 50.4 Å². The molecule has 1 fully saturated rings. The summed E-state index contributed by atoms with van der Waals surface area (Å²) in [6.45, 7) is 4.56. The van der Waals surface area contributed by atoms with Crippen LogP contribution in [0.1, 0.15) is 30.2 Å². The van der Waals surface area contributed by atoms with E-state index in [9.17, 15) is 9.18 Å². The van der Waals surface area contributed by atoms with Crippen molar-refractivity contribution >= 4 is 17.2 Å². The Hall–Kier alpha value is -1.76. The van der Waals surface area contributed by atoms with Gasteiger partial charge in [-0.3, -0.25) is 4.79 Å². The molecule has 27 heavy (non-hydrogen) atoms. The number of ether oxygens (including phenoxy) is 1. The monoisotopic (exact) mass is 390 g/mol. The molecule has 4 nitrogen and oxygen atoms in total. The largest absolute Gasteiger partial charge is 0.381 e. The molecule has 0 bridgehead atoms. The van der Waals surface area contributed by atoms with Crippen molar-refractivity contribution in [2.24, 2.45) is 0 Å². The highest BCUT2D eigenvalue weighted by Crippen LogP contribution is 2.34. The van der Waals surface area contributed by atoms with Crippen LogP contribution in [0.5, 0.6) is 0 Å². The van der Waals surface area contributed by atoms with Crippen molar-refractivity contribution in [3.8, 4) is 0 Å². The van der Waals surface area contributed by atoms with Crippen molar-refractivity contribution in [2.45, 2.75) is 37.6 Å². The van der Waals surface area contributed by atoms with E-state index in [1.165, 1.54) is 17.0 Å². The van der Waals surface area contributed by atoms with Crippen molar-refractivity contribution < 1.29 is 13.9 Å². The van der Waals surface area contributed by atoms with E-state index in [1.807, 2.05) is 30.5 Å². The minimum atomic E-state index is -0.284. The molecule has 2 N–H and O–H groups in total. The molecule has 1 aliphatic heterocycles. The van der Waals surface area contributed by atoms with E-state index in [4.69, 9.17) is 4.74 Å². The number of thiophene rings is 1. The lowest BCUT2D eigenvalue weighted by atomic mass is 9.74. The number of benzene rings is 1. The predicted molar refractivity (Wildman–Crippen MR) is 107 cm³/mol. The molecule has 1 amide bonds. The summed E-state index contributed by atoms with van der Waals surface area (Å²) in [7, 11) is 0. The number of rotatable bonds is 8. The van der Waals surface area contributed by atoms with Gasteiger partial charge in [-0.1, -0.05) is 18.2 Å². The van der Waals surface area contributed by atoms with Crippen LogP contribution in [0.3, 0.4) is 0 Å². The Morgan fingerprint density at radius 1 is 1.26 bits per heavy atom. The van der Waals surface area contributed by atoms with Gasteiger partial charge in [-0.25, -0.2) is 4.39 Å². The van der Waals surface area contributed by atoms with Gasteiger partial charge < -0.3 is 15.4 Å². The lowest BCUT2D eigenvalue weighted by molar-refractivity contribution is -0.122. The smallest absolute Gasteiger partial charge is 0.236 e. The maximum absolute atomic E-state index is 13.3. The Bertz CT molecular complexity index is 712. The predicted octanol–water partition coefficient (Wildman–Crippen LogP) is 3.27. The highest BCUT2D eigenvalue weighted by Gasteiger charge is 2.35. The Morgan fingerprint density at radius 3 is 2.67 bits per heavy atom. The third kappa shape index (κ3) is 5.37. The van der Waals surface area contributed by atoms with Crippen LogP contribution < -0.4 is 10.6 Å². The maximum Gasteiger partial charge on any atom is 0.236 e. The maximum atomic E-state index is 13.3. The zero-order valence-corrected chi connectivity index (χ0v) is 16.5. The molecular weight excluding hydrogens is 363 g/mol. The molecular formula is C21H27FN2O2S. The second kappa shape index (κ2) is 9.44. The van der Waals surface area contributed by atoms with E-state index in [2.05, 4.69) is 16.7 Å². The van der Waals surface area contributed by atoms with Gasteiger partial charge in [-0.2, -0.15) is 0 Å². The molecule has 1 aromatic carbocycles. The van der Waals surface area contributed by atoms with Gasteiger partial charge in [-0.15, -0.1) is 11.3 Å². The number of hydrogen-bond acceptors (Lipinski definition) is 4. The van der Waals surface area contributed by atoms with Crippen molar-refractivity contribution in [2.75, 3.05) is 26.3 Å². The quantitative estimate of drug-likeness (QED) is 0.727. The van der Waals surface area contributed by atoms with Gasteiger partial charge >= 0.3 is 0 Å². The van der Waals surface area contributed by atoms with E-state index in [1.54, 1.807) is 11.3 Å². The second-order valence-corrected chi connectivity index (χ2v) is 8.15. The van der Waals surface area contributed by atoms with Crippen LogP contribution in [-0.2, 0) is 21.4 Å². The minimum Gasteiger partial charge on any atom is -0.381 e. The SMILES string of the molecule is C[C@H](NCC1(c2ccc(F)cc2)CCOCC1)C(=O)NCCc1cccs1. The minimum absolute atomic E-state index is 0.00729. The first-order valence-corrected chi connectivity index (χ1v) is 10.3. The fourth-order valence-corrected chi connectivity index (χ4v) is 4.20. The number of carbonyl (C=O) groups is 1. The summed E-state index contributed by atoms with van der Waals surface area (Å²) >= 11 is 1.70. The molecule has 0 radical (unpaired) electrons. The fraction of sp³-hybridized carbons (Fsp3) is 0.476.